The Morgan fingerprint density at radius 1 is 1.41 bits per heavy atom. The summed E-state index contributed by atoms with van der Waals surface area (Å²) in [6.45, 7) is 5.34. The average molecular weight is 235 g/mol. The summed E-state index contributed by atoms with van der Waals surface area (Å²) in [4.78, 5) is 10.8. The van der Waals surface area contributed by atoms with Gasteiger partial charge in [-0.05, 0) is 32.9 Å². The van der Waals surface area contributed by atoms with Crippen LogP contribution in [0.25, 0.3) is 0 Å². The zero-order valence-electron chi connectivity index (χ0n) is 10.9. The molecule has 0 unspecified atom stereocenters. The van der Waals surface area contributed by atoms with E-state index in [1.165, 1.54) is 5.56 Å². The number of hydrogen-bond donors (Lipinski definition) is 1. The molecule has 1 aromatic carbocycles. The van der Waals surface area contributed by atoms with Gasteiger partial charge in [-0.1, -0.05) is 17.7 Å². The Morgan fingerprint density at radius 2 is 2.18 bits per heavy atom. The first-order chi connectivity index (χ1) is 8.13. The summed E-state index contributed by atoms with van der Waals surface area (Å²) in [5.74, 6) is 1.16. The third-order valence-corrected chi connectivity index (χ3v) is 2.63. The summed E-state index contributed by atoms with van der Waals surface area (Å²) in [5.41, 5.74) is 2.39. The lowest BCUT2D eigenvalue weighted by Gasteiger charge is -2.10. The molecular formula is C14H21NO2. The van der Waals surface area contributed by atoms with Crippen LogP contribution in [0.15, 0.2) is 18.2 Å². The molecule has 0 aliphatic carbocycles. The van der Waals surface area contributed by atoms with Crippen molar-refractivity contribution in [3.8, 4) is 5.75 Å². The number of ether oxygens (including phenoxy) is 1. The van der Waals surface area contributed by atoms with Crippen LogP contribution in [0.1, 0.15) is 30.9 Å². The molecule has 1 aromatic rings. The average Bonchev–Trinajstić information content (AvgIpc) is 2.28. The van der Waals surface area contributed by atoms with Crippen LogP contribution in [0.3, 0.4) is 0 Å². The molecule has 0 aromatic heterocycles. The van der Waals surface area contributed by atoms with E-state index in [1.807, 2.05) is 12.1 Å². The number of aryl methyl sites for hydroxylation is 1. The Morgan fingerprint density at radius 3 is 2.82 bits per heavy atom. The number of nitrogens with one attached hydrogen (secondary N) is 1. The van der Waals surface area contributed by atoms with Crippen molar-refractivity contribution in [1.29, 1.82) is 0 Å². The van der Waals surface area contributed by atoms with Gasteiger partial charge in [0, 0.05) is 18.5 Å². The molecule has 0 saturated carbocycles. The number of Topliss-reactive ketones (excluding diaryl/α,β-unsaturated/α-hetero) is 1. The van der Waals surface area contributed by atoms with E-state index in [2.05, 4.69) is 18.3 Å². The number of carbonyl (C=O) groups is 1. The van der Waals surface area contributed by atoms with Crippen LogP contribution in [-0.2, 0) is 11.3 Å². The molecule has 0 spiro atoms. The van der Waals surface area contributed by atoms with Crippen molar-refractivity contribution in [1.82, 2.24) is 5.32 Å². The molecule has 3 nitrogen and oxygen atoms in total. The Labute approximate surface area is 103 Å². The molecule has 0 heterocycles. The van der Waals surface area contributed by atoms with Gasteiger partial charge in [-0.15, -0.1) is 0 Å². The minimum Gasteiger partial charge on any atom is -0.496 e. The van der Waals surface area contributed by atoms with Crippen LogP contribution >= 0.6 is 0 Å². The maximum atomic E-state index is 10.8. The van der Waals surface area contributed by atoms with Gasteiger partial charge in [0.1, 0.15) is 11.5 Å². The molecule has 3 heteroatoms. The van der Waals surface area contributed by atoms with E-state index >= 15 is 0 Å². The van der Waals surface area contributed by atoms with Gasteiger partial charge in [-0.25, -0.2) is 0 Å². The van der Waals surface area contributed by atoms with E-state index < -0.39 is 0 Å². The minimum absolute atomic E-state index is 0.250. The smallest absolute Gasteiger partial charge is 0.129 e. The summed E-state index contributed by atoms with van der Waals surface area (Å²) in [6, 6.07) is 6.15. The molecule has 1 rings (SSSR count). The quantitative estimate of drug-likeness (QED) is 0.738. The van der Waals surface area contributed by atoms with E-state index in [0.717, 1.165) is 30.8 Å². The van der Waals surface area contributed by atoms with Crippen molar-refractivity contribution in [2.75, 3.05) is 13.7 Å². The Balaban J connectivity index is 2.40. The van der Waals surface area contributed by atoms with E-state index in [-0.39, 0.29) is 5.78 Å². The molecule has 0 radical (unpaired) electrons. The maximum absolute atomic E-state index is 10.8. The fraction of sp³-hybridized carbons (Fsp3) is 0.500. The second-order valence-electron chi connectivity index (χ2n) is 4.30. The molecule has 0 amide bonds. The number of rotatable bonds is 7. The topological polar surface area (TPSA) is 38.3 Å². The third-order valence-electron chi connectivity index (χ3n) is 2.63. The largest absolute Gasteiger partial charge is 0.496 e. The summed E-state index contributed by atoms with van der Waals surface area (Å²) >= 11 is 0. The molecular weight excluding hydrogens is 214 g/mol. The molecule has 0 bridgehead atoms. The monoisotopic (exact) mass is 235 g/mol. The second kappa shape index (κ2) is 7.07. The minimum atomic E-state index is 0.250. The first kappa shape index (κ1) is 13.7. The van der Waals surface area contributed by atoms with E-state index in [4.69, 9.17) is 4.74 Å². The zero-order chi connectivity index (χ0) is 12.7. The zero-order valence-corrected chi connectivity index (χ0v) is 10.9. The highest BCUT2D eigenvalue weighted by Crippen LogP contribution is 2.19. The Hall–Kier alpha value is -1.35. The van der Waals surface area contributed by atoms with Crippen LogP contribution in [0.5, 0.6) is 5.75 Å². The normalized spacial score (nSPS) is 10.3. The third kappa shape index (κ3) is 5.00. The number of benzene rings is 1. The molecule has 0 aliphatic heterocycles. The maximum Gasteiger partial charge on any atom is 0.129 e. The van der Waals surface area contributed by atoms with Crippen LogP contribution in [0.4, 0.5) is 0 Å². The molecule has 0 fully saturated rings. The number of methoxy groups -OCH3 is 1. The van der Waals surface area contributed by atoms with Gasteiger partial charge in [-0.3, -0.25) is 0 Å². The summed E-state index contributed by atoms with van der Waals surface area (Å²) < 4.78 is 5.30. The lowest BCUT2D eigenvalue weighted by molar-refractivity contribution is -0.117. The van der Waals surface area contributed by atoms with Gasteiger partial charge in [0.05, 0.1) is 7.11 Å². The van der Waals surface area contributed by atoms with Crippen molar-refractivity contribution < 1.29 is 9.53 Å². The molecule has 17 heavy (non-hydrogen) atoms. The standard InChI is InChI=1S/C14H21NO2/c1-11-6-7-14(17-3)13(9-11)10-15-8-4-5-12(2)16/h6-7,9,15H,4-5,8,10H2,1-3H3. The lowest BCUT2D eigenvalue weighted by atomic mass is 10.1. The summed E-state index contributed by atoms with van der Waals surface area (Å²) in [6.07, 6.45) is 1.54. The lowest BCUT2D eigenvalue weighted by Crippen LogP contribution is -2.16. The highest BCUT2D eigenvalue weighted by Gasteiger charge is 2.02. The molecule has 0 aliphatic rings. The van der Waals surface area contributed by atoms with Gasteiger partial charge in [0.25, 0.3) is 0 Å². The SMILES string of the molecule is COc1ccc(C)cc1CNCCCC(C)=O. The van der Waals surface area contributed by atoms with Gasteiger partial charge in [0.2, 0.25) is 0 Å². The van der Waals surface area contributed by atoms with Crippen LogP contribution in [0, 0.1) is 6.92 Å². The fourth-order valence-corrected chi connectivity index (χ4v) is 1.73. The van der Waals surface area contributed by atoms with E-state index in [1.54, 1.807) is 14.0 Å². The number of hydrogen-bond acceptors (Lipinski definition) is 3. The van der Waals surface area contributed by atoms with Gasteiger partial charge < -0.3 is 14.8 Å². The Bertz CT molecular complexity index is 374. The first-order valence-electron chi connectivity index (χ1n) is 5.97. The number of carbonyl (C=O) groups excluding carboxylic acids is 1. The van der Waals surface area contributed by atoms with Crippen LogP contribution in [0.2, 0.25) is 0 Å². The van der Waals surface area contributed by atoms with Crippen molar-refractivity contribution in [2.24, 2.45) is 0 Å². The summed E-state index contributed by atoms with van der Waals surface area (Å²) in [7, 11) is 1.68. The fourth-order valence-electron chi connectivity index (χ4n) is 1.73. The van der Waals surface area contributed by atoms with E-state index in [0.29, 0.717) is 6.42 Å². The Kier molecular flexibility index (Phi) is 5.70. The van der Waals surface area contributed by atoms with Gasteiger partial charge in [0.15, 0.2) is 0 Å². The first-order valence-corrected chi connectivity index (χ1v) is 5.97. The molecule has 1 N–H and O–H groups in total. The van der Waals surface area contributed by atoms with Crippen LogP contribution in [-0.4, -0.2) is 19.4 Å². The molecule has 94 valence electrons. The number of ketones is 1. The molecule has 0 saturated heterocycles. The predicted molar refractivity (Wildman–Crippen MR) is 69.4 cm³/mol. The highest BCUT2D eigenvalue weighted by molar-refractivity contribution is 5.75. The summed E-state index contributed by atoms with van der Waals surface area (Å²) in [5, 5.41) is 3.33. The van der Waals surface area contributed by atoms with Gasteiger partial charge in [-0.2, -0.15) is 0 Å². The predicted octanol–water partition coefficient (Wildman–Crippen LogP) is 2.46. The van der Waals surface area contributed by atoms with Crippen molar-refractivity contribution in [3.05, 3.63) is 29.3 Å². The second-order valence-corrected chi connectivity index (χ2v) is 4.30. The van der Waals surface area contributed by atoms with Crippen molar-refractivity contribution in [2.45, 2.75) is 33.2 Å². The van der Waals surface area contributed by atoms with Crippen LogP contribution < -0.4 is 10.1 Å². The van der Waals surface area contributed by atoms with Crippen molar-refractivity contribution in [3.63, 3.8) is 0 Å². The van der Waals surface area contributed by atoms with E-state index in [9.17, 15) is 4.79 Å². The highest BCUT2D eigenvalue weighted by atomic mass is 16.5. The van der Waals surface area contributed by atoms with Gasteiger partial charge >= 0.3 is 0 Å². The van der Waals surface area contributed by atoms with Crippen molar-refractivity contribution >= 4 is 5.78 Å². The molecule has 0 atom stereocenters.